The van der Waals surface area contributed by atoms with E-state index in [0.717, 1.165) is 18.2 Å². The second kappa shape index (κ2) is 11.2. The molecule has 0 spiro atoms. The van der Waals surface area contributed by atoms with Crippen LogP contribution in [0, 0.1) is 0 Å². The van der Waals surface area contributed by atoms with Crippen molar-refractivity contribution in [2.45, 2.75) is 37.6 Å². The second-order valence-corrected chi connectivity index (χ2v) is 8.98. The maximum Gasteiger partial charge on any atom is 0.416 e. The summed E-state index contributed by atoms with van der Waals surface area (Å²) in [5.41, 5.74) is 3.19. The molecule has 18 heteroatoms. The van der Waals surface area contributed by atoms with Crippen LogP contribution in [-0.4, -0.2) is 47.8 Å². The van der Waals surface area contributed by atoms with Gasteiger partial charge >= 0.3 is 24.1 Å². The van der Waals surface area contributed by atoms with Crippen LogP contribution in [0.15, 0.2) is 57.7 Å². The van der Waals surface area contributed by atoms with E-state index >= 15 is 0 Å². The largest absolute Gasteiger partial charge is 0.416 e. The molecule has 2 aromatic heterocycles. The van der Waals surface area contributed by atoms with Gasteiger partial charge in [0.15, 0.2) is 11.9 Å². The lowest BCUT2D eigenvalue weighted by molar-refractivity contribution is -0.207. The number of halogens is 7. The second-order valence-electron chi connectivity index (χ2n) is 8.54. The van der Waals surface area contributed by atoms with E-state index in [-0.39, 0.29) is 27.9 Å². The van der Waals surface area contributed by atoms with Gasteiger partial charge in [0, 0.05) is 10.6 Å². The average Bonchev–Trinajstić information content (AvgIpc) is 3.45. The molecule has 0 fully saturated rings. The zero-order chi connectivity index (χ0) is 30.1. The fourth-order valence-corrected chi connectivity index (χ4v) is 3.81. The standard InChI is InChI=1S/C23H18ClF6N7O4/c24-14-6-4-11(5-7-14)18-35-37(21(40)36(18)9-15(38)23(28,29)30)10-16(39)32-17(19-33-34-20(31)41-19)12-2-1-3-13(8-12)22(25,26)27/h1-8,15,17,38H,9-10H2,(H2,31,34)(H,32,39)/t15-,17?/m0/s1. The molecule has 0 bridgehead atoms. The molecule has 11 nitrogen and oxygen atoms in total. The van der Waals surface area contributed by atoms with Crippen LogP contribution in [0.4, 0.5) is 32.4 Å². The molecule has 4 aromatic rings. The molecule has 0 aliphatic rings. The minimum atomic E-state index is -5.07. The topological polar surface area (TPSA) is 154 Å². The Labute approximate surface area is 230 Å². The van der Waals surface area contributed by atoms with Crippen molar-refractivity contribution in [3.8, 4) is 11.4 Å². The summed E-state index contributed by atoms with van der Waals surface area (Å²) in [7, 11) is 0. The van der Waals surface area contributed by atoms with Crippen LogP contribution in [-0.2, 0) is 24.1 Å². The summed E-state index contributed by atoms with van der Waals surface area (Å²) in [5, 5.41) is 23.2. The number of nitrogens with zero attached hydrogens (tertiary/aromatic N) is 5. The molecule has 2 atom stereocenters. The lowest BCUT2D eigenvalue weighted by Gasteiger charge is -2.17. The molecule has 0 aliphatic heterocycles. The van der Waals surface area contributed by atoms with Crippen LogP contribution in [0.25, 0.3) is 11.4 Å². The van der Waals surface area contributed by atoms with Gasteiger partial charge in [-0.25, -0.2) is 9.48 Å². The summed E-state index contributed by atoms with van der Waals surface area (Å²) >= 11 is 5.85. The molecule has 2 heterocycles. The van der Waals surface area contributed by atoms with Crippen LogP contribution in [0.1, 0.15) is 23.1 Å². The first-order valence-electron chi connectivity index (χ1n) is 11.4. The Balaban J connectivity index is 1.68. The van der Waals surface area contributed by atoms with Crippen molar-refractivity contribution in [3.05, 3.63) is 81.1 Å². The lowest BCUT2D eigenvalue weighted by Crippen LogP contribution is -2.39. The lowest BCUT2D eigenvalue weighted by atomic mass is 10.0. The zero-order valence-electron chi connectivity index (χ0n) is 20.3. The molecular weight excluding hydrogens is 588 g/mol. The summed E-state index contributed by atoms with van der Waals surface area (Å²) in [6, 6.07) is 7.40. The number of hydrogen-bond acceptors (Lipinski definition) is 8. The maximum atomic E-state index is 13.3. The van der Waals surface area contributed by atoms with Gasteiger partial charge in [-0.3, -0.25) is 9.36 Å². The monoisotopic (exact) mass is 605 g/mol. The Morgan fingerprint density at radius 2 is 1.78 bits per heavy atom. The minimum absolute atomic E-state index is 0.134. The van der Waals surface area contributed by atoms with Gasteiger partial charge in [0.2, 0.25) is 11.8 Å². The van der Waals surface area contributed by atoms with E-state index in [9.17, 15) is 41.0 Å². The quantitative estimate of drug-likeness (QED) is 0.259. The number of alkyl halides is 6. The Hall–Kier alpha value is -4.38. The fourth-order valence-electron chi connectivity index (χ4n) is 3.69. The van der Waals surface area contributed by atoms with Crippen molar-refractivity contribution in [2.75, 3.05) is 5.73 Å². The molecular formula is C23H18ClF6N7O4. The van der Waals surface area contributed by atoms with Gasteiger partial charge in [-0.15, -0.1) is 10.2 Å². The number of aliphatic hydroxyl groups is 1. The number of carbonyl (C=O) groups excluding carboxylic acids is 1. The van der Waals surface area contributed by atoms with Crippen molar-refractivity contribution < 1.29 is 40.7 Å². The normalized spacial score (nSPS) is 13.7. The summed E-state index contributed by atoms with van der Waals surface area (Å²) in [5.74, 6) is -1.72. The number of nitrogen functional groups attached to an aromatic ring is 1. The molecule has 1 unspecified atom stereocenters. The van der Waals surface area contributed by atoms with E-state index in [2.05, 4.69) is 20.6 Å². The van der Waals surface area contributed by atoms with Crippen molar-refractivity contribution in [2.24, 2.45) is 0 Å². The molecule has 0 saturated carbocycles. The predicted molar refractivity (Wildman–Crippen MR) is 129 cm³/mol. The molecule has 1 amide bonds. The van der Waals surface area contributed by atoms with Crippen LogP contribution < -0.4 is 16.7 Å². The molecule has 218 valence electrons. The number of carbonyl (C=O) groups is 1. The third kappa shape index (κ3) is 6.86. The van der Waals surface area contributed by atoms with Crippen LogP contribution in [0.2, 0.25) is 5.02 Å². The summed E-state index contributed by atoms with van der Waals surface area (Å²) < 4.78 is 85.2. The molecule has 4 rings (SSSR count). The van der Waals surface area contributed by atoms with Crippen molar-refractivity contribution >= 4 is 23.5 Å². The maximum absolute atomic E-state index is 13.3. The van der Waals surface area contributed by atoms with Gasteiger partial charge in [-0.1, -0.05) is 28.8 Å². The molecule has 0 radical (unpaired) electrons. The van der Waals surface area contributed by atoms with Gasteiger partial charge in [0.05, 0.1) is 12.1 Å². The van der Waals surface area contributed by atoms with E-state index in [1.54, 1.807) is 0 Å². The van der Waals surface area contributed by atoms with Gasteiger partial charge < -0.3 is 20.6 Å². The Morgan fingerprint density at radius 1 is 1.10 bits per heavy atom. The number of nitrogens with two attached hydrogens (primary N) is 1. The van der Waals surface area contributed by atoms with Gasteiger partial charge in [0.1, 0.15) is 12.6 Å². The zero-order valence-corrected chi connectivity index (χ0v) is 21.1. The highest BCUT2D eigenvalue weighted by molar-refractivity contribution is 6.30. The van der Waals surface area contributed by atoms with Crippen molar-refractivity contribution in [1.29, 1.82) is 0 Å². The number of aromatic nitrogens is 5. The first kappa shape index (κ1) is 29.6. The molecule has 41 heavy (non-hydrogen) atoms. The highest BCUT2D eigenvalue weighted by atomic mass is 35.5. The van der Waals surface area contributed by atoms with Gasteiger partial charge in [0.25, 0.3) is 0 Å². The van der Waals surface area contributed by atoms with Crippen LogP contribution in [0.3, 0.4) is 0 Å². The smallest absolute Gasteiger partial charge is 0.406 e. The average molecular weight is 606 g/mol. The number of benzene rings is 2. The summed E-state index contributed by atoms with van der Waals surface area (Å²) in [6.45, 7) is -2.14. The van der Waals surface area contributed by atoms with E-state index in [0.29, 0.717) is 9.25 Å². The van der Waals surface area contributed by atoms with Crippen LogP contribution in [0.5, 0.6) is 0 Å². The SMILES string of the molecule is Nc1nnc(C(NC(=O)Cn2nc(-c3ccc(Cl)cc3)n(C[C@H](O)C(F)(F)F)c2=O)c2cccc(C(F)(F)F)c2)o1. The highest BCUT2D eigenvalue weighted by Gasteiger charge is 2.39. The Kier molecular flexibility index (Phi) is 8.12. The van der Waals surface area contributed by atoms with E-state index in [1.807, 2.05) is 0 Å². The van der Waals surface area contributed by atoms with Gasteiger partial charge in [-0.2, -0.15) is 26.3 Å². The summed E-state index contributed by atoms with van der Waals surface area (Å²) in [4.78, 5) is 26.0. The van der Waals surface area contributed by atoms with Crippen molar-refractivity contribution in [3.63, 3.8) is 0 Å². The third-order valence-corrected chi connectivity index (χ3v) is 5.86. The van der Waals surface area contributed by atoms with Gasteiger partial charge in [-0.05, 0) is 42.0 Å². The highest BCUT2D eigenvalue weighted by Crippen LogP contribution is 2.32. The minimum Gasteiger partial charge on any atom is -0.406 e. The molecule has 2 aromatic carbocycles. The Morgan fingerprint density at radius 3 is 2.37 bits per heavy atom. The first-order valence-corrected chi connectivity index (χ1v) is 11.7. The van der Waals surface area contributed by atoms with E-state index in [1.165, 1.54) is 30.3 Å². The first-order chi connectivity index (χ1) is 19.1. The third-order valence-electron chi connectivity index (χ3n) is 5.61. The van der Waals surface area contributed by atoms with Crippen LogP contribution >= 0.6 is 11.6 Å². The van der Waals surface area contributed by atoms with Crippen molar-refractivity contribution in [1.82, 2.24) is 29.9 Å². The molecule has 0 aliphatic carbocycles. The van der Waals surface area contributed by atoms with E-state index in [4.69, 9.17) is 21.8 Å². The predicted octanol–water partition coefficient (Wildman–Crippen LogP) is 3.18. The number of anilines is 1. The number of rotatable bonds is 8. The number of hydrogen-bond donors (Lipinski definition) is 3. The van der Waals surface area contributed by atoms with E-state index < -0.39 is 60.8 Å². The number of nitrogens with one attached hydrogen (secondary N) is 1. The Bertz CT molecular complexity index is 1600. The molecule has 4 N–H and O–H groups in total. The number of aliphatic hydroxyl groups excluding tert-OH is 1. The molecule has 0 saturated heterocycles. The fraction of sp³-hybridized carbons (Fsp3) is 0.261. The summed E-state index contributed by atoms with van der Waals surface area (Å²) in [6.07, 6.45) is -12.7. The number of amides is 1.